The summed E-state index contributed by atoms with van der Waals surface area (Å²) < 4.78 is 31.8. The SMILES string of the molecule is CC[C@H](C(=O)N[C@H](C)c1cc(C(C)C)c(OC)cc1C)N(c1cccc([N+](=O)[O-])c1)S(C)(=O)=O. The fraction of sp³-hybridized carbons (Fsp3) is 0.458. The van der Waals surface area contributed by atoms with Crippen LogP contribution >= 0.6 is 0 Å². The Kier molecular flexibility index (Phi) is 8.66. The highest BCUT2D eigenvalue weighted by Gasteiger charge is 2.33. The van der Waals surface area contributed by atoms with Crippen molar-refractivity contribution in [1.29, 1.82) is 0 Å². The Labute approximate surface area is 201 Å². The number of nitrogens with one attached hydrogen (secondary N) is 1. The van der Waals surface area contributed by atoms with Gasteiger partial charge in [-0.1, -0.05) is 26.8 Å². The number of sulfonamides is 1. The molecule has 0 aliphatic rings. The third kappa shape index (κ3) is 6.05. The normalized spacial score (nSPS) is 13.3. The summed E-state index contributed by atoms with van der Waals surface area (Å²) >= 11 is 0. The lowest BCUT2D eigenvalue weighted by molar-refractivity contribution is -0.384. The Morgan fingerprint density at radius 3 is 2.32 bits per heavy atom. The molecule has 1 N–H and O–H groups in total. The lowest BCUT2D eigenvalue weighted by atomic mass is 9.93. The number of carbonyl (C=O) groups is 1. The number of amides is 1. The standard InChI is InChI=1S/C24H33N3O6S/c1-8-22(26(34(7,31)32)18-10-9-11-19(13-18)27(29)30)24(28)25-17(5)21-14-20(15(2)3)23(33-6)12-16(21)4/h9-15,17,22H,8H2,1-7H3,(H,25,28)/t17-,22-/m1/s1. The molecule has 2 aromatic rings. The van der Waals surface area contributed by atoms with Crippen molar-refractivity contribution in [1.82, 2.24) is 5.32 Å². The van der Waals surface area contributed by atoms with Gasteiger partial charge in [0.2, 0.25) is 15.9 Å². The van der Waals surface area contributed by atoms with E-state index in [1.165, 1.54) is 18.2 Å². The summed E-state index contributed by atoms with van der Waals surface area (Å²) in [4.78, 5) is 23.9. The smallest absolute Gasteiger partial charge is 0.271 e. The Morgan fingerprint density at radius 2 is 1.82 bits per heavy atom. The van der Waals surface area contributed by atoms with E-state index in [0.29, 0.717) is 0 Å². The number of nitro benzene ring substituents is 1. The second-order valence-corrected chi connectivity index (χ2v) is 10.5. The summed E-state index contributed by atoms with van der Waals surface area (Å²) in [5, 5.41) is 14.1. The van der Waals surface area contributed by atoms with Crippen LogP contribution in [0.15, 0.2) is 36.4 Å². The molecule has 2 rings (SSSR count). The van der Waals surface area contributed by atoms with Crippen LogP contribution in [0.2, 0.25) is 0 Å². The minimum Gasteiger partial charge on any atom is -0.496 e. The summed E-state index contributed by atoms with van der Waals surface area (Å²) in [7, 11) is -2.30. The van der Waals surface area contributed by atoms with E-state index >= 15 is 0 Å². The maximum absolute atomic E-state index is 13.3. The predicted octanol–water partition coefficient (Wildman–Crippen LogP) is 4.46. The van der Waals surface area contributed by atoms with Crippen molar-refractivity contribution in [3.05, 3.63) is 63.2 Å². The van der Waals surface area contributed by atoms with E-state index in [2.05, 4.69) is 19.2 Å². The van der Waals surface area contributed by atoms with Crippen molar-refractivity contribution in [2.75, 3.05) is 17.7 Å². The van der Waals surface area contributed by atoms with Gasteiger partial charge >= 0.3 is 0 Å². The number of anilines is 1. The largest absolute Gasteiger partial charge is 0.496 e. The topological polar surface area (TPSA) is 119 Å². The second kappa shape index (κ2) is 10.9. The lowest BCUT2D eigenvalue weighted by Crippen LogP contribution is -2.49. The van der Waals surface area contributed by atoms with Crippen LogP contribution in [0.25, 0.3) is 0 Å². The molecule has 0 aliphatic carbocycles. The number of aryl methyl sites for hydroxylation is 1. The molecule has 2 atom stereocenters. The van der Waals surface area contributed by atoms with Crippen LogP contribution in [0.5, 0.6) is 5.75 Å². The van der Waals surface area contributed by atoms with Crippen LogP contribution in [0, 0.1) is 17.0 Å². The highest BCUT2D eigenvalue weighted by molar-refractivity contribution is 7.92. The molecule has 0 aliphatic heterocycles. The van der Waals surface area contributed by atoms with Crippen molar-refractivity contribution in [2.45, 2.75) is 59.0 Å². The number of nitro groups is 1. The first-order valence-corrected chi connectivity index (χ1v) is 12.9. The molecule has 186 valence electrons. The first-order valence-electron chi connectivity index (χ1n) is 11.0. The lowest BCUT2D eigenvalue weighted by Gasteiger charge is -2.31. The minimum absolute atomic E-state index is 0.0640. The maximum Gasteiger partial charge on any atom is 0.271 e. The highest BCUT2D eigenvalue weighted by atomic mass is 32.2. The van der Waals surface area contributed by atoms with Crippen LogP contribution in [-0.4, -0.2) is 38.7 Å². The molecule has 9 nitrogen and oxygen atoms in total. The highest BCUT2D eigenvalue weighted by Crippen LogP contribution is 2.32. The molecule has 0 fully saturated rings. The Bertz CT molecular complexity index is 1160. The van der Waals surface area contributed by atoms with Crippen molar-refractivity contribution in [3.8, 4) is 5.75 Å². The van der Waals surface area contributed by atoms with E-state index < -0.39 is 32.9 Å². The van der Waals surface area contributed by atoms with Gasteiger partial charge in [0.15, 0.2) is 0 Å². The average molecular weight is 492 g/mol. The summed E-state index contributed by atoms with van der Waals surface area (Å²) in [6, 6.07) is 7.70. The third-order valence-electron chi connectivity index (χ3n) is 5.69. The fourth-order valence-electron chi connectivity index (χ4n) is 4.00. The van der Waals surface area contributed by atoms with Crippen LogP contribution in [0.3, 0.4) is 0 Å². The van der Waals surface area contributed by atoms with Crippen molar-refractivity contribution < 1.29 is 22.9 Å². The number of hydrogen-bond acceptors (Lipinski definition) is 6. The van der Waals surface area contributed by atoms with Gasteiger partial charge in [0, 0.05) is 12.1 Å². The summed E-state index contributed by atoms with van der Waals surface area (Å²) in [6.07, 6.45) is 1.15. The van der Waals surface area contributed by atoms with Crippen LogP contribution in [0.1, 0.15) is 62.8 Å². The molecule has 0 unspecified atom stereocenters. The molecule has 0 bridgehead atoms. The monoisotopic (exact) mass is 491 g/mol. The zero-order chi connectivity index (χ0) is 25.8. The number of nitrogens with zero attached hydrogens (tertiary/aromatic N) is 2. The van der Waals surface area contributed by atoms with Crippen LogP contribution < -0.4 is 14.4 Å². The summed E-state index contributed by atoms with van der Waals surface area (Å²) in [5.41, 5.74) is 2.64. The molecule has 0 heterocycles. The number of benzene rings is 2. The van der Waals surface area contributed by atoms with E-state index in [1.54, 1.807) is 14.0 Å². The number of carbonyl (C=O) groups excluding carboxylic acids is 1. The number of hydrogen-bond donors (Lipinski definition) is 1. The molecule has 10 heteroatoms. The summed E-state index contributed by atoms with van der Waals surface area (Å²) in [6.45, 7) is 9.56. The quantitative estimate of drug-likeness (QED) is 0.387. The van der Waals surface area contributed by atoms with E-state index in [0.717, 1.165) is 39.1 Å². The first-order chi connectivity index (χ1) is 15.8. The molecule has 0 spiro atoms. The van der Waals surface area contributed by atoms with Gasteiger partial charge in [0.25, 0.3) is 5.69 Å². The molecule has 34 heavy (non-hydrogen) atoms. The molecule has 0 saturated heterocycles. The van der Waals surface area contributed by atoms with Gasteiger partial charge in [-0.05, 0) is 61.1 Å². The number of methoxy groups -OCH3 is 1. The molecule has 2 aromatic carbocycles. The summed E-state index contributed by atoms with van der Waals surface area (Å²) in [5.74, 6) is 0.485. The van der Waals surface area contributed by atoms with E-state index in [-0.39, 0.29) is 23.7 Å². The first kappa shape index (κ1) is 27.1. The average Bonchev–Trinajstić information content (AvgIpc) is 2.75. The van der Waals surface area contributed by atoms with Crippen LogP contribution in [-0.2, 0) is 14.8 Å². The molecule has 0 saturated carbocycles. The van der Waals surface area contributed by atoms with E-state index in [1.807, 2.05) is 26.0 Å². The molecular formula is C24H33N3O6S. The number of non-ortho nitro benzene ring substituents is 1. The number of ether oxygens (including phenoxy) is 1. The fourth-order valence-corrected chi connectivity index (χ4v) is 5.21. The van der Waals surface area contributed by atoms with E-state index in [4.69, 9.17) is 4.74 Å². The van der Waals surface area contributed by atoms with Crippen molar-refractivity contribution in [2.24, 2.45) is 0 Å². The van der Waals surface area contributed by atoms with Gasteiger partial charge in [-0.2, -0.15) is 0 Å². The van der Waals surface area contributed by atoms with Gasteiger partial charge in [-0.25, -0.2) is 8.42 Å². The molecule has 0 aromatic heterocycles. The Hall–Kier alpha value is -3.14. The maximum atomic E-state index is 13.3. The van der Waals surface area contributed by atoms with Gasteiger partial charge in [0.05, 0.1) is 30.0 Å². The van der Waals surface area contributed by atoms with Gasteiger partial charge in [-0.15, -0.1) is 0 Å². The Morgan fingerprint density at radius 1 is 1.18 bits per heavy atom. The van der Waals surface area contributed by atoms with Crippen molar-refractivity contribution >= 4 is 27.3 Å². The molecule has 1 amide bonds. The predicted molar refractivity (Wildman–Crippen MR) is 133 cm³/mol. The number of rotatable bonds is 10. The van der Waals surface area contributed by atoms with Crippen LogP contribution in [0.4, 0.5) is 11.4 Å². The minimum atomic E-state index is -3.92. The van der Waals surface area contributed by atoms with Gasteiger partial charge in [-0.3, -0.25) is 19.2 Å². The Balaban J connectivity index is 2.43. The van der Waals surface area contributed by atoms with Gasteiger partial charge < -0.3 is 10.1 Å². The molecular weight excluding hydrogens is 458 g/mol. The molecule has 0 radical (unpaired) electrons. The van der Waals surface area contributed by atoms with E-state index in [9.17, 15) is 23.3 Å². The third-order valence-corrected chi connectivity index (χ3v) is 6.87. The second-order valence-electron chi connectivity index (χ2n) is 8.60. The zero-order valence-corrected chi connectivity index (χ0v) is 21.5. The van der Waals surface area contributed by atoms with Gasteiger partial charge in [0.1, 0.15) is 11.8 Å². The zero-order valence-electron chi connectivity index (χ0n) is 20.7. The van der Waals surface area contributed by atoms with Crippen molar-refractivity contribution in [3.63, 3.8) is 0 Å².